The van der Waals surface area contributed by atoms with Gasteiger partial charge < -0.3 is 44.0 Å². The molecule has 2 N–H and O–H groups in total. The van der Waals surface area contributed by atoms with Crippen LogP contribution in [-0.4, -0.2) is 78.1 Å². The molecule has 11 heteroatoms. The fourth-order valence-corrected chi connectivity index (χ4v) is 6.24. The Labute approximate surface area is 276 Å². The lowest BCUT2D eigenvalue weighted by Gasteiger charge is -2.41. The second-order valence-electron chi connectivity index (χ2n) is 11.5. The molecular formula is C36H44N4O7. The number of piperidine rings is 1. The molecule has 2 aromatic carbocycles. The molecular weight excluding hydrogens is 600 g/mol. The molecule has 1 unspecified atom stereocenters. The molecule has 3 heterocycles. The first kappa shape index (κ1) is 33.5. The molecule has 3 aromatic rings. The van der Waals surface area contributed by atoms with Gasteiger partial charge in [0, 0.05) is 30.8 Å². The number of carbonyl (C=O) groups is 1. The quantitative estimate of drug-likeness (QED) is 0.272. The van der Waals surface area contributed by atoms with Gasteiger partial charge in [-0.15, -0.1) is 0 Å². The molecule has 1 fully saturated rings. The third-order valence-electron chi connectivity index (χ3n) is 8.79. The molecule has 1 amide bonds. The molecule has 250 valence electrons. The van der Waals surface area contributed by atoms with Gasteiger partial charge in [0.25, 0.3) is 0 Å². The molecule has 0 aliphatic carbocycles. The zero-order valence-corrected chi connectivity index (χ0v) is 27.9. The Morgan fingerprint density at radius 3 is 1.98 bits per heavy atom. The number of amides is 1. The van der Waals surface area contributed by atoms with E-state index in [1.807, 2.05) is 54.8 Å². The number of ether oxygens (including phenoxy) is 6. The van der Waals surface area contributed by atoms with Crippen molar-refractivity contribution in [3.8, 4) is 45.8 Å². The fourth-order valence-electron chi connectivity index (χ4n) is 6.24. The van der Waals surface area contributed by atoms with Crippen molar-refractivity contribution in [1.82, 2.24) is 20.5 Å². The molecule has 11 nitrogen and oxygen atoms in total. The van der Waals surface area contributed by atoms with E-state index in [2.05, 4.69) is 26.6 Å². The van der Waals surface area contributed by atoms with E-state index in [0.717, 1.165) is 48.3 Å². The molecule has 1 saturated heterocycles. The van der Waals surface area contributed by atoms with Crippen LogP contribution in [0.4, 0.5) is 0 Å². The van der Waals surface area contributed by atoms with Gasteiger partial charge in [-0.05, 0) is 85.7 Å². The number of pyridine rings is 1. The fraction of sp³-hybridized carbons (Fsp3) is 0.389. The molecule has 0 saturated carbocycles. The second kappa shape index (κ2) is 15.1. The molecule has 47 heavy (non-hydrogen) atoms. The number of nitrogens with one attached hydrogen (secondary N) is 2. The number of nitrogens with zero attached hydrogens (tertiary/aromatic N) is 2. The summed E-state index contributed by atoms with van der Waals surface area (Å²) in [4.78, 5) is 20.2. The van der Waals surface area contributed by atoms with Crippen LogP contribution in [0.25, 0.3) is 11.3 Å². The summed E-state index contributed by atoms with van der Waals surface area (Å²) >= 11 is 0. The van der Waals surface area contributed by atoms with E-state index in [1.165, 1.54) is 0 Å². The number of aromatic nitrogens is 1. The van der Waals surface area contributed by atoms with Gasteiger partial charge in [0.2, 0.25) is 17.4 Å². The highest BCUT2D eigenvalue weighted by molar-refractivity contribution is 5.78. The van der Waals surface area contributed by atoms with Crippen LogP contribution in [0, 0.1) is 5.92 Å². The number of hydrogen-bond acceptors (Lipinski definition) is 10. The third kappa shape index (κ3) is 7.25. The Kier molecular flexibility index (Phi) is 10.8. The monoisotopic (exact) mass is 644 g/mol. The van der Waals surface area contributed by atoms with Crippen LogP contribution >= 0.6 is 0 Å². The molecule has 1 aromatic heterocycles. The van der Waals surface area contributed by atoms with Gasteiger partial charge in [0.1, 0.15) is 0 Å². The predicted octanol–water partition coefficient (Wildman–Crippen LogP) is 4.70. The molecule has 0 spiro atoms. The van der Waals surface area contributed by atoms with Crippen LogP contribution in [0.2, 0.25) is 0 Å². The summed E-state index contributed by atoms with van der Waals surface area (Å²) in [5, 5.41) is 6.73. The zero-order chi connectivity index (χ0) is 33.4. The first-order valence-electron chi connectivity index (χ1n) is 15.6. The predicted molar refractivity (Wildman–Crippen MR) is 180 cm³/mol. The first-order chi connectivity index (χ1) is 22.9. The van der Waals surface area contributed by atoms with Crippen molar-refractivity contribution in [2.45, 2.75) is 24.9 Å². The molecule has 1 atom stereocenters. The van der Waals surface area contributed by atoms with Crippen LogP contribution in [0.5, 0.6) is 34.5 Å². The van der Waals surface area contributed by atoms with Crippen LogP contribution in [0.3, 0.4) is 0 Å². The zero-order valence-electron chi connectivity index (χ0n) is 27.9. The van der Waals surface area contributed by atoms with Gasteiger partial charge in [-0.1, -0.05) is 12.2 Å². The van der Waals surface area contributed by atoms with Crippen molar-refractivity contribution >= 4 is 5.91 Å². The lowest BCUT2D eigenvalue weighted by molar-refractivity contribution is -0.126. The SMILES string of the molecule is COc1cc(-c2cc(CNC(=O)C3CCN(CC4(c5cc(OC)c(OC)c(OC)c5)C=CC=CN4)CC3)ccn2)cc(OC)c1OC. The van der Waals surface area contributed by atoms with E-state index in [4.69, 9.17) is 28.4 Å². The minimum absolute atomic E-state index is 0.0606. The maximum atomic E-state index is 13.3. The number of benzene rings is 2. The topological polar surface area (TPSA) is 113 Å². The van der Waals surface area contributed by atoms with Crippen molar-refractivity contribution in [2.75, 3.05) is 62.3 Å². The standard InChI is InChI=1S/C36H44N4O7/c1-42-29-18-26(19-30(43-2)33(29)46-5)28-17-24(9-14-37-28)22-38-35(41)25-10-15-40(16-11-25)23-36(12-7-8-13-39-36)27-20-31(44-3)34(47-6)32(21-27)45-4/h7-9,12-14,17-21,25,39H,10-11,15-16,22-23H2,1-6H3,(H,38,41). The van der Waals surface area contributed by atoms with E-state index in [0.29, 0.717) is 47.6 Å². The van der Waals surface area contributed by atoms with Gasteiger partial charge in [-0.2, -0.15) is 0 Å². The Morgan fingerprint density at radius 1 is 0.851 bits per heavy atom. The van der Waals surface area contributed by atoms with Gasteiger partial charge >= 0.3 is 0 Å². The lowest BCUT2D eigenvalue weighted by Crippen LogP contribution is -2.51. The third-order valence-corrected chi connectivity index (χ3v) is 8.79. The van der Waals surface area contributed by atoms with Crippen LogP contribution < -0.4 is 39.1 Å². The molecule has 5 rings (SSSR count). The van der Waals surface area contributed by atoms with E-state index < -0.39 is 5.54 Å². The van der Waals surface area contributed by atoms with Gasteiger partial charge in [-0.25, -0.2) is 0 Å². The number of carbonyl (C=O) groups excluding carboxylic acids is 1. The highest BCUT2D eigenvalue weighted by Crippen LogP contribution is 2.43. The van der Waals surface area contributed by atoms with Crippen molar-refractivity contribution in [2.24, 2.45) is 5.92 Å². The Hall–Kier alpha value is -4.90. The van der Waals surface area contributed by atoms with E-state index in [-0.39, 0.29) is 11.8 Å². The number of hydrogen-bond donors (Lipinski definition) is 2. The van der Waals surface area contributed by atoms with Gasteiger partial charge in [0.05, 0.1) is 53.9 Å². The number of rotatable bonds is 13. The highest BCUT2D eigenvalue weighted by Gasteiger charge is 2.36. The van der Waals surface area contributed by atoms with Crippen molar-refractivity contribution in [3.05, 3.63) is 78.1 Å². The summed E-state index contributed by atoms with van der Waals surface area (Å²) in [6, 6.07) is 11.6. The minimum Gasteiger partial charge on any atom is -0.493 e. The summed E-state index contributed by atoms with van der Waals surface area (Å²) in [6.45, 7) is 2.71. The average Bonchev–Trinajstić information content (AvgIpc) is 3.13. The lowest BCUT2D eigenvalue weighted by atomic mass is 9.85. The van der Waals surface area contributed by atoms with Crippen LogP contribution in [0.15, 0.2) is 67.0 Å². The van der Waals surface area contributed by atoms with E-state index in [1.54, 1.807) is 48.9 Å². The minimum atomic E-state index is -0.506. The maximum absolute atomic E-state index is 13.3. The summed E-state index contributed by atoms with van der Waals surface area (Å²) in [7, 11) is 9.58. The van der Waals surface area contributed by atoms with Crippen LogP contribution in [-0.2, 0) is 16.9 Å². The van der Waals surface area contributed by atoms with E-state index in [9.17, 15) is 4.79 Å². The Bertz CT molecular complexity index is 1570. The molecule has 2 aliphatic heterocycles. The molecule has 0 radical (unpaired) electrons. The van der Waals surface area contributed by atoms with Crippen molar-refractivity contribution in [3.63, 3.8) is 0 Å². The van der Waals surface area contributed by atoms with Crippen molar-refractivity contribution < 1.29 is 33.2 Å². The van der Waals surface area contributed by atoms with Gasteiger partial charge in [-0.3, -0.25) is 9.78 Å². The first-order valence-corrected chi connectivity index (χ1v) is 15.6. The number of methoxy groups -OCH3 is 6. The smallest absolute Gasteiger partial charge is 0.223 e. The summed E-state index contributed by atoms with van der Waals surface area (Å²) in [5.74, 6) is 3.39. The number of allylic oxidation sites excluding steroid dienone is 2. The largest absolute Gasteiger partial charge is 0.493 e. The van der Waals surface area contributed by atoms with E-state index >= 15 is 0 Å². The summed E-state index contributed by atoms with van der Waals surface area (Å²) in [5.41, 5.74) is 3.00. The summed E-state index contributed by atoms with van der Waals surface area (Å²) < 4.78 is 33.3. The van der Waals surface area contributed by atoms with Crippen molar-refractivity contribution in [1.29, 1.82) is 0 Å². The normalized spacial score (nSPS) is 17.8. The Morgan fingerprint density at radius 2 is 1.45 bits per heavy atom. The van der Waals surface area contributed by atoms with Crippen LogP contribution in [0.1, 0.15) is 24.0 Å². The summed E-state index contributed by atoms with van der Waals surface area (Å²) in [6.07, 6.45) is 11.4. The number of likely N-dealkylation sites (tertiary alicyclic amines) is 1. The average molecular weight is 645 g/mol. The Balaban J connectivity index is 1.22. The van der Waals surface area contributed by atoms with Gasteiger partial charge in [0.15, 0.2) is 23.0 Å². The molecule has 0 bridgehead atoms. The molecule has 2 aliphatic rings. The maximum Gasteiger partial charge on any atom is 0.223 e. The highest BCUT2D eigenvalue weighted by atomic mass is 16.5. The second-order valence-corrected chi connectivity index (χ2v) is 11.5. The number of dihydropyridines is 1.